The summed E-state index contributed by atoms with van der Waals surface area (Å²) in [5.41, 5.74) is 2.60. The lowest BCUT2D eigenvalue weighted by Gasteiger charge is -2.41. The molecular formula is C23H23BrN2OS. The van der Waals surface area contributed by atoms with Gasteiger partial charge in [0.2, 0.25) is 0 Å². The highest BCUT2D eigenvalue weighted by atomic mass is 79.9. The monoisotopic (exact) mass is 454 g/mol. The number of amides is 1. The van der Waals surface area contributed by atoms with Gasteiger partial charge in [0.1, 0.15) is 4.88 Å². The number of hydrogen-bond donors (Lipinski definition) is 0. The van der Waals surface area contributed by atoms with Gasteiger partial charge in [-0.15, -0.1) is 11.3 Å². The molecule has 1 fully saturated rings. The largest absolute Gasteiger partial charge is 0.332 e. The molecule has 1 aromatic heterocycles. The second-order valence-corrected chi connectivity index (χ2v) is 8.93. The Morgan fingerprint density at radius 3 is 2.29 bits per heavy atom. The molecule has 1 saturated heterocycles. The Hall–Kier alpha value is -1.95. The molecule has 0 aliphatic carbocycles. The van der Waals surface area contributed by atoms with E-state index in [9.17, 15) is 4.79 Å². The highest BCUT2D eigenvalue weighted by Gasteiger charge is 2.32. The van der Waals surface area contributed by atoms with Gasteiger partial charge in [-0.25, -0.2) is 0 Å². The van der Waals surface area contributed by atoms with Crippen molar-refractivity contribution >= 4 is 33.2 Å². The van der Waals surface area contributed by atoms with E-state index < -0.39 is 0 Å². The van der Waals surface area contributed by atoms with Crippen molar-refractivity contribution in [3.05, 3.63) is 92.6 Å². The summed E-state index contributed by atoms with van der Waals surface area (Å²) in [6.07, 6.45) is 0.876. The molecule has 2 heterocycles. The van der Waals surface area contributed by atoms with Crippen LogP contribution in [-0.2, 0) is 13.0 Å². The highest BCUT2D eigenvalue weighted by Crippen LogP contribution is 2.27. The SMILES string of the molecule is O=C(c1sccc1Br)N1CCN(Cc2ccccc2)CC1Cc1ccccc1. The third kappa shape index (κ3) is 4.54. The van der Waals surface area contributed by atoms with Gasteiger partial charge < -0.3 is 4.90 Å². The van der Waals surface area contributed by atoms with Crippen molar-refractivity contribution in [2.24, 2.45) is 0 Å². The number of carbonyl (C=O) groups is 1. The quantitative estimate of drug-likeness (QED) is 0.536. The molecular weight excluding hydrogens is 432 g/mol. The number of rotatable bonds is 5. The van der Waals surface area contributed by atoms with Crippen LogP contribution >= 0.6 is 27.3 Å². The van der Waals surface area contributed by atoms with Crippen molar-refractivity contribution < 1.29 is 4.79 Å². The number of thiophene rings is 1. The molecule has 3 aromatic rings. The summed E-state index contributed by atoms with van der Waals surface area (Å²) in [7, 11) is 0. The maximum atomic E-state index is 13.2. The van der Waals surface area contributed by atoms with E-state index in [2.05, 4.69) is 80.3 Å². The zero-order valence-electron chi connectivity index (χ0n) is 15.6. The number of carbonyl (C=O) groups excluding carboxylic acids is 1. The Bertz CT molecular complexity index is 913. The van der Waals surface area contributed by atoms with E-state index in [1.807, 2.05) is 17.5 Å². The minimum atomic E-state index is 0.141. The standard InChI is InChI=1S/C23H23BrN2OS/c24-21-11-14-28-22(21)23(27)26-13-12-25(16-19-9-5-2-6-10-19)17-20(26)15-18-7-3-1-4-8-18/h1-11,14,20H,12-13,15-17H2. The van der Waals surface area contributed by atoms with E-state index in [0.717, 1.165) is 41.9 Å². The molecule has 3 nitrogen and oxygen atoms in total. The van der Waals surface area contributed by atoms with E-state index in [1.54, 1.807) is 0 Å². The zero-order chi connectivity index (χ0) is 19.3. The number of piperazine rings is 1. The van der Waals surface area contributed by atoms with E-state index in [0.29, 0.717) is 0 Å². The van der Waals surface area contributed by atoms with Crippen LogP contribution in [0.2, 0.25) is 0 Å². The molecule has 28 heavy (non-hydrogen) atoms. The Morgan fingerprint density at radius 1 is 0.964 bits per heavy atom. The molecule has 5 heteroatoms. The predicted octanol–water partition coefficient (Wildman–Crippen LogP) is 5.08. The number of nitrogens with zero attached hydrogens (tertiary/aromatic N) is 2. The van der Waals surface area contributed by atoms with E-state index in [4.69, 9.17) is 0 Å². The molecule has 1 atom stereocenters. The number of benzene rings is 2. The van der Waals surface area contributed by atoms with Crippen LogP contribution in [-0.4, -0.2) is 41.4 Å². The average Bonchev–Trinajstić information content (AvgIpc) is 3.15. The van der Waals surface area contributed by atoms with Crippen LogP contribution in [0, 0.1) is 0 Å². The smallest absolute Gasteiger partial charge is 0.265 e. The van der Waals surface area contributed by atoms with Crippen LogP contribution in [0.5, 0.6) is 0 Å². The fourth-order valence-corrected chi connectivity index (χ4v) is 5.31. The van der Waals surface area contributed by atoms with Gasteiger partial charge in [0.25, 0.3) is 5.91 Å². The normalized spacial score (nSPS) is 17.6. The van der Waals surface area contributed by atoms with Crippen LogP contribution in [0.4, 0.5) is 0 Å². The second kappa shape index (κ2) is 9.03. The first-order chi connectivity index (χ1) is 13.7. The molecule has 0 N–H and O–H groups in total. The Morgan fingerprint density at radius 2 is 1.64 bits per heavy atom. The molecule has 1 amide bonds. The summed E-state index contributed by atoms with van der Waals surface area (Å²) < 4.78 is 0.896. The first-order valence-corrected chi connectivity index (χ1v) is 11.2. The van der Waals surface area contributed by atoms with Crippen LogP contribution in [0.3, 0.4) is 0 Å². The van der Waals surface area contributed by atoms with Crippen molar-refractivity contribution in [3.8, 4) is 0 Å². The minimum absolute atomic E-state index is 0.141. The maximum absolute atomic E-state index is 13.2. The first kappa shape index (κ1) is 19.4. The summed E-state index contributed by atoms with van der Waals surface area (Å²) >= 11 is 5.04. The van der Waals surface area contributed by atoms with Crippen molar-refractivity contribution in [1.82, 2.24) is 9.80 Å². The molecule has 1 aliphatic rings. The molecule has 144 valence electrons. The number of halogens is 1. The van der Waals surface area contributed by atoms with Gasteiger partial charge in [0.15, 0.2) is 0 Å². The lowest BCUT2D eigenvalue weighted by molar-refractivity contribution is 0.0442. The topological polar surface area (TPSA) is 23.6 Å². The molecule has 2 aromatic carbocycles. The van der Waals surface area contributed by atoms with Gasteiger partial charge in [-0.2, -0.15) is 0 Å². The van der Waals surface area contributed by atoms with E-state index in [-0.39, 0.29) is 11.9 Å². The summed E-state index contributed by atoms with van der Waals surface area (Å²) in [4.78, 5) is 18.6. The van der Waals surface area contributed by atoms with Gasteiger partial charge >= 0.3 is 0 Å². The summed E-state index contributed by atoms with van der Waals surface area (Å²) in [6, 6.07) is 23.2. The van der Waals surface area contributed by atoms with Crippen molar-refractivity contribution in [1.29, 1.82) is 0 Å². The van der Waals surface area contributed by atoms with Gasteiger partial charge in [0.05, 0.1) is 0 Å². The van der Waals surface area contributed by atoms with Crippen LogP contribution in [0.25, 0.3) is 0 Å². The fraction of sp³-hybridized carbons (Fsp3) is 0.261. The highest BCUT2D eigenvalue weighted by molar-refractivity contribution is 9.10. The van der Waals surface area contributed by atoms with E-state index >= 15 is 0 Å². The molecule has 0 spiro atoms. The fourth-order valence-electron chi connectivity index (χ4n) is 3.81. The summed E-state index contributed by atoms with van der Waals surface area (Å²) in [5.74, 6) is 0.141. The van der Waals surface area contributed by atoms with Crippen molar-refractivity contribution in [2.45, 2.75) is 19.0 Å². The van der Waals surface area contributed by atoms with Gasteiger partial charge in [0, 0.05) is 36.7 Å². The van der Waals surface area contributed by atoms with Crippen molar-refractivity contribution in [2.75, 3.05) is 19.6 Å². The van der Waals surface area contributed by atoms with Gasteiger partial charge in [-0.05, 0) is 44.9 Å². The lowest BCUT2D eigenvalue weighted by atomic mass is 10.0. The maximum Gasteiger partial charge on any atom is 0.265 e. The number of hydrogen-bond acceptors (Lipinski definition) is 3. The first-order valence-electron chi connectivity index (χ1n) is 9.55. The third-order valence-corrected chi connectivity index (χ3v) is 7.03. The average molecular weight is 455 g/mol. The Balaban J connectivity index is 1.53. The third-order valence-electron chi connectivity index (χ3n) is 5.20. The Labute approximate surface area is 178 Å². The van der Waals surface area contributed by atoms with Gasteiger partial charge in [-0.3, -0.25) is 9.69 Å². The van der Waals surface area contributed by atoms with Crippen LogP contribution < -0.4 is 0 Å². The van der Waals surface area contributed by atoms with Crippen molar-refractivity contribution in [3.63, 3.8) is 0 Å². The van der Waals surface area contributed by atoms with Crippen LogP contribution in [0.15, 0.2) is 76.6 Å². The van der Waals surface area contributed by atoms with E-state index in [1.165, 1.54) is 22.5 Å². The van der Waals surface area contributed by atoms with Crippen LogP contribution in [0.1, 0.15) is 20.8 Å². The predicted molar refractivity (Wildman–Crippen MR) is 119 cm³/mol. The molecule has 1 aliphatic heterocycles. The Kier molecular flexibility index (Phi) is 6.25. The van der Waals surface area contributed by atoms with Gasteiger partial charge in [-0.1, -0.05) is 60.7 Å². The summed E-state index contributed by atoms with van der Waals surface area (Å²) in [6.45, 7) is 3.47. The molecule has 0 saturated carbocycles. The molecule has 4 rings (SSSR count). The lowest BCUT2D eigenvalue weighted by Crippen LogP contribution is -2.55. The summed E-state index contributed by atoms with van der Waals surface area (Å²) in [5, 5.41) is 1.97. The second-order valence-electron chi connectivity index (χ2n) is 7.16. The molecule has 0 radical (unpaired) electrons. The molecule has 1 unspecified atom stereocenters. The zero-order valence-corrected chi connectivity index (χ0v) is 18.0. The minimum Gasteiger partial charge on any atom is -0.332 e. The molecule has 0 bridgehead atoms.